The fourth-order valence-electron chi connectivity index (χ4n) is 5.92. The Labute approximate surface area is 219 Å². The highest BCUT2D eigenvalue weighted by atomic mass is 16.5. The molecule has 8 nitrogen and oxygen atoms in total. The Bertz CT molecular complexity index is 1240. The van der Waals surface area contributed by atoms with Crippen LogP contribution in [-0.4, -0.2) is 90.9 Å². The summed E-state index contributed by atoms with van der Waals surface area (Å²) < 4.78 is 6.20. The van der Waals surface area contributed by atoms with Gasteiger partial charge in [0.05, 0.1) is 12.2 Å². The molecule has 6 rings (SSSR count). The van der Waals surface area contributed by atoms with E-state index in [1.54, 1.807) is 0 Å². The molecule has 4 heterocycles. The third-order valence-corrected chi connectivity index (χ3v) is 8.08. The number of hydrogen-bond acceptors (Lipinski definition) is 8. The number of anilines is 2. The van der Waals surface area contributed by atoms with E-state index in [9.17, 15) is 5.11 Å². The second kappa shape index (κ2) is 10.7. The Morgan fingerprint density at radius 2 is 1.70 bits per heavy atom. The highest BCUT2D eigenvalue weighted by Crippen LogP contribution is 2.36. The van der Waals surface area contributed by atoms with Crippen LogP contribution in [0.2, 0.25) is 0 Å². The molecule has 196 valence electrons. The van der Waals surface area contributed by atoms with Gasteiger partial charge < -0.3 is 24.5 Å². The van der Waals surface area contributed by atoms with Gasteiger partial charge in [-0.2, -0.15) is 9.97 Å². The van der Waals surface area contributed by atoms with Gasteiger partial charge in [-0.25, -0.2) is 0 Å². The molecular formula is C29H38N6O2. The van der Waals surface area contributed by atoms with Crippen molar-refractivity contribution in [3.63, 3.8) is 0 Å². The van der Waals surface area contributed by atoms with Crippen molar-refractivity contribution in [1.29, 1.82) is 0 Å². The number of aromatic nitrogens is 2. The van der Waals surface area contributed by atoms with Crippen molar-refractivity contribution < 1.29 is 9.84 Å². The topological polar surface area (TPSA) is 68.2 Å². The van der Waals surface area contributed by atoms with E-state index in [-0.39, 0.29) is 0 Å². The molecule has 0 saturated carbocycles. The van der Waals surface area contributed by atoms with Crippen molar-refractivity contribution in [2.75, 3.05) is 75.8 Å². The average molecular weight is 503 g/mol. The van der Waals surface area contributed by atoms with Crippen molar-refractivity contribution in [2.45, 2.75) is 32.2 Å². The van der Waals surface area contributed by atoms with Gasteiger partial charge in [0.25, 0.3) is 0 Å². The summed E-state index contributed by atoms with van der Waals surface area (Å²) in [6.45, 7) is 9.39. The first kappa shape index (κ1) is 24.2. The summed E-state index contributed by atoms with van der Waals surface area (Å²) in [7, 11) is 2.18. The predicted molar refractivity (Wildman–Crippen MR) is 148 cm³/mol. The molecule has 2 saturated heterocycles. The summed E-state index contributed by atoms with van der Waals surface area (Å²) in [5, 5.41) is 12.6. The van der Waals surface area contributed by atoms with E-state index >= 15 is 0 Å². The molecule has 0 aliphatic carbocycles. The maximum Gasteiger partial charge on any atom is 0.318 e. The lowest BCUT2D eigenvalue weighted by molar-refractivity contribution is 0.177. The number of phenols is 1. The third kappa shape index (κ3) is 5.31. The number of benzene rings is 2. The lowest BCUT2D eigenvalue weighted by atomic mass is 10.0. The Morgan fingerprint density at radius 3 is 2.54 bits per heavy atom. The van der Waals surface area contributed by atoms with Crippen molar-refractivity contribution in [3.05, 3.63) is 47.7 Å². The summed E-state index contributed by atoms with van der Waals surface area (Å²) in [6.07, 6.45) is 4.77. The predicted octanol–water partition coefficient (Wildman–Crippen LogP) is 3.51. The molecule has 0 radical (unpaired) electrons. The zero-order valence-electron chi connectivity index (χ0n) is 21.9. The Hall–Kier alpha value is -3.10. The van der Waals surface area contributed by atoms with Crippen molar-refractivity contribution in [2.24, 2.45) is 0 Å². The molecule has 2 aromatic carbocycles. The van der Waals surface area contributed by atoms with Gasteiger partial charge in [-0.15, -0.1) is 0 Å². The van der Waals surface area contributed by atoms with Gasteiger partial charge in [-0.05, 0) is 50.9 Å². The van der Waals surface area contributed by atoms with Crippen LogP contribution in [0.4, 0.5) is 11.5 Å². The van der Waals surface area contributed by atoms with E-state index in [4.69, 9.17) is 14.7 Å². The van der Waals surface area contributed by atoms with Crippen LogP contribution < -0.4 is 14.5 Å². The number of likely N-dealkylation sites (tertiary alicyclic amines) is 1. The number of rotatable bonds is 6. The van der Waals surface area contributed by atoms with Crippen LogP contribution in [0.1, 0.15) is 30.5 Å². The summed E-state index contributed by atoms with van der Waals surface area (Å²) in [5.74, 6) is 1.34. The van der Waals surface area contributed by atoms with Gasteiger partial charge in [0.15, 0.2) is 0 Å². The lowest BCUT2D eigenvalue weighted by Gasteiger charge is -2.37. The van der Waals surface area contributed by atoms with Gasteiger partial charge in [-0.3, -0.25) is 4.90 Å². The largest absolute Gasteiger partial charge is 0.508 e. The molecule has 2 fully saturated rings. The minimum absolute atomic E-state index is 0.294. The van der Waals surface area contributed by atoms with Gasteiger partial charge >= 0.3 is 6.01 Å². The number of phenolic OH excluding ortho intramolecular Hbond substituents is 1. The quantitative estimate of drug-likeness (QED) is 0.549. The first-order chi connectivity index (χ1) is 18.1. The molecule has 1 N–H and O–H groups in total. The Morgan fingerprint density at radius 1 is 0.892 bits per heavy atom. The zero-order valence-corrected chi connectivity index (χ0v) is 21.9. The molecule has 3 aromatic rings. The molecule has 0 bridgehead atoms. The average Bonchev–Trinajstić information content (AvgIpc) is 2.93. The lowest BCUT2D eigenvalue weighted by Crippen LogP contribution is -2.46. The molecule has 0 spiro atoms. The fourth-order valence-corrected chi connectivity index (χ4v) is 5.92. The smallest absolute Gasteiger partial charge is 0.318 e. The molecule has 8 heteroatoms. The van der Waals surface area contributed by atoms with Crippen molar-refractivity contribution in [1.82, 2.24) is 19.8 Å². The Balaban J connectivity index is 1.28. The summed E-state index contributed by atoms with van der Waals surface area (Å²) in [5.41, 5.74) is 3.33. The highest BCUT2D eigenvalue weighted by Gasteiger charge is 2.28. The van der Waals surface area contributed by atoms with Gasteiger partial charge in [0.1, 0.15) is 18.2 Å². The molecule has 3 aliphatic heterocycles. The van der Waals surface area contributed by atoms with Crippen LogP contribution in [0.25, 0.3) is 10.8 Å². The minimum atomic E-state index is 0.294. The second-order valence-corrected chi connectivity index (χ2v) is 10.7. The molecule has 0 unspecified atom stereocenters. The van der Waals surface area contributed by atoms with E-state index in [0.717, 1.165) is 86.8 Å². The van der Waals surface area contributed by atoms with Crippen LogP contribution in [0.5, 0.6) is 11.8 Å². The van der Waals surface area contributed by atoms with E-state index < -0.39 is 0 Å². The zero-order chi connectivity index (χ0) is 25.2. The number of hydrogen-bond donors (Lipinski definition) is 1. The van der Waals surface area contributed by atoms with E-state index in [1.807, 2.05) is 18.2 Å². The summed E-state index contributed by atoms with van der Waals surface area (Å²) in [4.78, 5) is 19.5. The highest BCUT2D eigenvalue weighted by molar-refractivity contribution is 5.95. The van der Waals surface area contributed by atoms with Gasteiger partial charge in [0.2, 0.25) is 0 Å². The van der Waals surface area contributed by atoms with Gasteiger partial charge in [-0.1, -0.05) is 30.7 Å². The number of nitrogens with zero attached hydrogens (tertiary/aromatic N) is 6. The molecule has 0 amide bonds. The number of piperazine rings is 1. The first-order valence-corrected chi connectivity index (χ1v) is 13.8. The SMILES string of the molecule is CN1CCN(c2nc(OCCN3CCCCC3)nc3c2CCN(c2cc(O)cc4ccccc24)C3)CC1. The number of likely N-dealkylation sites (N-methyl/N-ethyl adjacent to an activating group) is 1. The standard InChI is InChI=1S/C29H38N6O2/c1-32-13-15-34(16-14-32)28-25-9-12-35(27-20-23(36)19-22-7-3-4-8-24(22)27)21-26(25)30-29(31-28)37-18-17-33-10-5-2-6-11-33/h3-4,7-8,19-20,36H,2,5-6,9-18,21H2,1H3. The molecule has 3 aliphatic rings. The fraction of sp³-hybridized carbons (Fsp3) is 0.517. The van der Waals surface area contributed by atoms with E-state index in [2.05, 4.69) is 44.8 Å². The monoisotopic (exact) mass is 502 g/mol. The number of ether oxygens (including phenoxy) is 1. The number of fused-ring (bicyclic) bond motifs is 2. The molecular weight excluding hydrogens is 464 g/mol. The number of aromatic hydroxyl groups is 1. The van der Waals surface area contributed by atoms with E-state index in [1.165, 1.54) is 24.8 Å². The van der Waals surface area contributed by atoms with E-state index in [0.29, 0.717) is 24.9 Å². The molecule has 1 aromatic heterocycles. The number of piperidine rings is 1. The maximum absolute atomic E-state index is 10.4. The summed E-state index contributed by atoms with van der Waals surface area (Å²) in [6, 6.07) is 12.5. The van der Waals surface area contributed by atoms with Crippen LogP contribution >= 0.6 is 0 Å². The maximum atomic E-state index is 10.4. The van der Waals surface area contributed by atoms with Gasteiger partial charge in [0, 0.05) is 62.0 Å². The summed E-state index contributed by atoms with van der Waals surface area (Å²) >= 11 is 0. The molecule has 0 atom stereocenters. The Kier molecular flexibility index (Phi) is 7.02. The van der Waals surface area contributed by atoms with Crippen LogP contribution in [0.3, 0.4) is 0 Å². The second-order valence-electron chi connectivity index (χ2n) is 10.7. The molecule has 37 heavy (non-hydrogen) atoms. The van der Waals surface area contributed by atoms with Crippen LogP contribution in [0, 0.1) is 0 Å². The normalized spacial score (nSPS) is 19.3. The first-order valence-electron chi connectivity index (χ1n) is 13.8. The van der Waals surface area contributed by atoms with Crippen LogP contribution in [0.15, 0.2) is 36.4 Å². The van der Waals surface area contributed by atoms with Crippen molar-refractivity contribution >= 4 is 22.3 Å². The minimum Gasteiger partial charge on any atom is -0.508 e. The van der Waals surface area contributed by atoms with Crippen molar-refractivity contribution in [3.8, 4) is 11.8 Å². The third-order valence-electron chi connectivity index (χ3n) is 8.08. The van der Waals surface area contributed by atoms with Crippen LogP contribution in [-0.2, 0) is 13.0 Å².